The lowest BCUT2D eigenvalue weighted by molar-refractivity contribution is -0.282. The molecule has 0 spiro atoms. The topological polar surface area (TPSA) is 169 Å². The van der Waals surface area contributed by atoms with Crippen LogP contribution in [0.1, 0.15) is 35.3 Å². The number of benzene rings is 2. The Bertz CT molecular complexity index is 1070. The number of rotatable bonds is 8. The Morgan fingerprint density at radius 1 is 1.00 bits per heavy atom. The van der Waals surface area contributed by atoms with E-state index in [-0.39, 0.29) is 29.0 Å². The first kappa shape index (κ1) is 25.9. The van der Waals surface area contributed by atoms with Crippen LogP contribution in [-0.2, 0) is 30.2 Å². The minimum atomic E-state index is -1.72. The first-order valence-corrected chi connectivity index (χ1v) is 10.7. The van der Waals surface area contributed by atoms with E-state index < -0.39 is 55.2 Å². The van der Waals surface area contributed by atoms with Crippen molar-refractivity contribution in [1.82, 2.24) is 0 Å². The molecular weight excluding hydrogens is 464 g/mol. The number of esters is 2. The quantitative estimate of drug-likeness (QED) is 0.389. The number of ether oxygens (including phenoxy) is 4. The molecule has 0 bridgehead atoms. The van der Waals surface area contributed by atoms with Gasteiger partial charge in [0.15, 0.2) is 6.10 Å². The molecule has 2 aromatic rings. The van der Waals surface area contributed by atoms with E-state index in [1.165, 1.54) is 6.07 Å². The molecule has 1 aliphatic rings. The van der Waals surface area contributed by atoms with Gasteiger partial charge in [-0.25, -0.2) is 4.79 Å². The Hall–Kier alpha value is -3.67. The molecule has 5 atom stereocenters. The van der Waals surface area contributed by atoms with Crippen molar-refractivity contribution in [2.75, 3.05) is 6.61 Å². The monoisotopic (exact) mass is 490 g/mol. The predicted molar refractivity (Wildman–Crippen MR) is 118 cm³/mol. The van der Waals surface area contributed by atoms with E-state index in [0.29, 0.717) is 0 Å². The summed E-state index contributed by atoms with van der Waals surface area (Å²) in [6.07, 6.45) is -7.62. The Balaban J connectivity index is 1.98. The van der Waals surface area contributed by atoms with Gasteiger partial charge in [0, 0.05) is 19.9 Å². The molecule has 0 amide bonds. The van der Waals surface area contributed by atoms with Crippen molar-refractivity contribution in [2.45, 2.75) is 51.0 Å². The highest BCUT2D eigenvalue weighted by atomic mass is 16.7. The Labute approximate surface area is 200 Å². The predicted octanol–water partition coefficient (Wildman–Crippen LogP) is 1.00. The molecule has 0 saturated carbocycles. The Kier molecular flexibility index (Phi) is 8.28. The number of hydrogen-bond acceptors (Lipinski definition) is 10. The second kappa shape index (κ2) is 11.2. The van der Waals surface area contributed by atoms with Crippen molar-refractivity contribution in [3.8, 4) is 11.5 Å². The summed E-state index contributed by atoms with van der Waals surface area (Å²) in [4.78, 5) is 35.0. The normalized spacial score (nSPS) is 23.8. The molecule has 11 nitrogen and oxygen atoms in total. The average Bonchev–Trinajstić information content (AvgIpc) is 2.77. The van der Waals surface area contributed by atoms with Gasteiger partial charge in [-0.15, -0.1) is 0 Å². The second-order valence-corrected chi connectivity index (χ2v) is 7.96. The zero-order valence-electron chi connectivity index (χ0n) is 19.0. The van der Waals surface area contributed by atoms with Crippen LogP contribution in [0.4, 0.5) is 0 Å². The third-order valence-electron chi connectivity index (χ3n) is 5.26. The van der Waals surface area contributed by atoms with E-state index in [0.717, 1.165) is 25.5 Å². The fourth-order valence-corrected chi connectivity index (χ4v) is 3.73. The summed E-state index contributed by atoms with van der Waals surface area (Å²) in [6, 6.07) is 11.3. The van der Waals surface area contributed by atoms with Crippen molar-refractivity contribution in [1.29, 1.82) is 0 Å². The standard InChI is InChI=1S/C24H26O11/c1-12(25)32-11-18-20(28)21(29)22(33-13(2)26)24(35-18)34-17-10-16(27)9-15(19(17)23(30)31)8-14-6-4-3-5-7-14/h3-7,9-10,18,20-22,24,27-29H,8,11H2,1-2H3,(H,30,31)/t18-,20-,21+,22-,24-/m1/s1. The lowest BCUT2D eigenvalue weighted by atomic mass is 9.97. The van der Waals surface area contributed by atoms with E-state index in [1.807, 2.05) is 0 Å². The van der Waals surface area contributed by atoms with Crippen LogP contribution in [0.25, 0.3) is 0 Å². The Morgan fingerprint density at radius 3 is 2.29 bits per heavy atom. The second-order valence-electron chi connectivity index (χ2n) is 7.96. The van der Waals surface area contributed by atoms with Crippen LogP contribution in [-0.4, -0.2) is 75.6 Å². The van der Waals surface area contributed by atoms with Gasteiger partial charge in [-0.05, 0) is 23.6 Å². The summed E-state index contributed by atoms with van der Waals surface area (Å²) in [5, 5.41) is 41.1. The van der Waals surface area contributed by atoms with Gasteiger partial charge in [0.05, 0.1) is 0 Å². The van der Waals surface area contributed by atoms with Gasteiger partial charge < -0.3 is 39.4 Å². The molecule has 1 heterocycles. The number of aromatic carboxylic acids is 1. The molecule has 1 fully saturated rings. The van der Waals surface area contributed by atoms with Gasteiger partial charge in [0.25, 0.3) is 0 Å². The molecular formula is C24H26O11. The Morgan fingerprint density at radius 2 is 1.69 bits per heavy atom. The molecule has 4 N–H and O–H groups in total. The maximum atomic E-state index is 12.2. The molecule has 0 radical (unpaired) electrons. The lowest BCUT2D eigenvalue weighted by Gasteiger charge is -2.41. The highest BCUT2D eigenvalue weighted by molar-refractivity contribution is 5.93. The molecule has 1 aliphatic heterocycles. The molecule has 188 valence electrons. The average molecular weight is 490 g/mol. The minimum Gasteiger partial charge on any atom is -0.508 e. The lowest BCUT2D eigenvalue weighted by Crippen LogP contribution is -2.61. The first-order chi connectivity index (χ1) is 16.6. The van der Waals surface area contributed by atoms with Crippen LogP contribution in [0.2, 0.25) is 0 Å². The largest absolute Gasteiger partial charge is 0.508 e. The number of carbonyl (C=O) groups excluding carboxylic acids is 2. The maximum Gasteiger partial charge on any atom is 0.339 e. The highest BCUT2D eigenvalue weighted by Gasteiger charge is 2.48. The molecule has 0 unspecified atom stereocenters. The number of hydrogen-bond donors (Lipinski definition) is 4. The van der Waals surface area contributed by atoms with Crippen molar-refractivity contribution in [3.63, 3.8) is 0 Å². The minimum absolute atomic E-state index is 0.155. The molecule has 1 saturated heterocycles. The molecule has 0 aromatic heterocycles. The van der Waals surface area contributed by atoms with Crippen molar-refractivity contribution < 1.29 is 53.8 Å². The number of carboxylic acid groups (broad SMARTS) is 1. The number of phenols is 1. The fourth-order valence-electron chi connectivity index (χ4n) is 3.73. The molecule has 3 rings (SSSR count). The molecule has 11 heteroatoms. The molecule has 0 aliphatic carbocycles. The van der Waals surface area contributed by atoms with Crippen LogP contribution in [0.15, 0.2) is 42.5 Å². The molecule has 35 heavy (non-hydrogen) atoms. The number of carbonyl (C=O) groups is 3. The number of aliphatic hydroxyl groups excluding tert-OH is 2. The fraction of sp³-hybridized carbons (Fsp3) is 0.375. The van der Waals surface area contributed by atoms with Crippen molar-refractivity contribution >= 4 is 17.9 Å². The van der Waals surface area contributed by atoms with E-state index in [9.17, 15) is 34.8 Å². The summed E-state index contributed by atoms with van der Waals surface area (Å²) < 4.78 is 21.3. The molecule has 2 aromatic carbocycles. The van der Waals surface area contributed by atoms with Crippen molar-refractivity contribution in [2.24, 2.45) is 0 Å². The van der Waals surface area contributed by atoms with Crippen LogP contribution in [0.3, 0.4) is 0 Å². The van der Waals surface area contributed by atoms with Gasteiger partial charge in [-0.1, -0.05) is 30.3 Å². The SMILES string of the molecule is CC(=O)OC[C@H]1O[C@@H](Oc2cc(O)cc(Cc3ccccc3)c2C(=O)O)[C@H](OC(C)=O)[C@@H](O)[C@@H]1O. The third-order valence-corrected chi connectivity index (χ3v) is 5.26. The zero-order valence-corrected chi connectivity index (χ0v) is 19.0. The van der Waals surface area contributed by atoms with Gasteiger partial charge in [-0.3, -0.25) is 9.59 Å². The van der Waals surface area contributed by atoms with Crippen LogP contribution in [0, 0.1) is 0 Å². The van der Waals surface area contributed by atoms with Crippen molar-refractivity contribution in [3.05, 3.63) is 59.2 Å². The smallest absolute Gasteiger partial charge is 0.339 e. The first-order valence-electron chi connectivity index (χ1n) is 10.7. The van der Waals surface area contributed by atoms with Gasteiger partial charge >= 0.3 is 17.9 Å². The van der Waals surface area contributed by atoms with Crippen LogP contribution in [0.5, 0.6) is 11.5 Å². The number of aromatic hydroxyl groups is 1. The van der Waals surface area contributed by atoms with Gasteiger partial charge in [0.1, 0.15) is 42.0 Å². The number of phenolic OH excluding ortho intramolecular Hbond substituents is 1. The summed E-state index contributed by atoms with van der Waals surface area (Å²) in [6.45, 7) is 1.75. The van der Waals surface area contributed by atoms with Gasteiger partial charge in [-0.2, -0.15) is 0 Å². The summed E-state index contributed by atoms with van der Waals surface area (Å²) in [5.41, 5.74) is 0.725. The zero-order chi connectivity index (χ0) is 25.7. The summed E-state index contributed by atoms with van der Waals surface area (Å²) in [5.74, 6) is -3.46. The number of aliphatic hydroxyl groups is 2. The van der Waals surface area contributed by atoms with Crippen LogP contribution >= 0.6 is 0 Å². The third kappa shape index (κ3) is 6.47. The maximum absolute atomic E-state index is 12.2. The summed E-state index contributed by atoms with van der Waals surface area (Å²) >= 11 is 0. The van der Waals surface area contributed by atoms with Gasteiger partial charge in [0.2, 0.25) is 6.29 Å². The highest BCUT2D eigenvalue weighted by Crippen LogP contribution is 2.34. The van der Waals surface area contributed by atoms with E-state index in [2.05, 4.69) is 0 Å². The van der Waals surface area contributed by atoms with E-state index >= 15 is 0 Å². The number of carboxylic acids is 1. The van der Waals surface area contributed by atoms with E-state index in [4.69, 9.17) is 18.9 Å². The summed E-state index contributed by atoms with van der Waals surface area (Å²) in [7, 11) is 0. The van der Waals surface area contributed by atoms with Crippen LogP contribution < -0.4 is 4.74 Å². The van der Waals surface area contributed by atoms with E-state index in [1.54, 1.807) is 30.3 Å².